The Morgan fingerprint density at radius 1 is 0.900 bits per heavy atom. The van der Waals surface area contributed by atoms with Crippen LogP contribution < -0.4 is 10.1 Å². The molecule has 4 aromatic rings. The second kappa shape index (κ2) is 8.89. The van der Waals surface area contributed by atoms with E-state index in [-0.39, 0.29) is 18.3 Å². The fraction of sp³-hybridized carbons (Fsp3) is 0.0800. The van der Waals surface area contributed by atoms with E-state index in [0.717, 1.165) is 10.9 Å². The van der Waals surface area contributed by atoms with Gasteiger partial charge in [-0.3, -0.25) is 4.79 Å². The first-order valence-corrected chi connectivity index (χ1v) is 9.93. The van der Waals surface area contributed by atoms with Crippen molar-refractivity contribution in [1.82, 2.24) is 5.32 Å². The molecule has 150 valence electrons. The molecule has 0 radical (unpaired) electrons. The Balaban J connectivity index is 1.67. The highest BCUT2D eigenvalue weighted by molar-refractivity contribution is 6.36. The third-order valence-corrected chi connectivity index (χ3v) is 5.17. The van der Waals surface area contributed by atoms with Crippen molar-refractivity contribution in [3.8, 4) is 11.5 Å². The number of amides is 1. The average molecular weight is 418 g/mol. The van der Waals surface area contributed by atoms with Crippen molar-refractivity contribution < 1.29 is 14.6 Å². The number of benzene rings is 4. The van der Waals surface area contributed by atoms with Gasteiger partial charge in [0.05, 0.1) is 6.04 Å². The summed E-state index contributed by atoms with van der Waals surface area (Å²) in [5, 5.41) is 15.9. The van der Waals surface area contributed by atoms with Gasteiger partial charge < -0.3 is 15.2 Å². The molecule has 0 heterocycles. The maximum Gasteiger partial charge on any atom is 0.258 e. The van der Waals surface area contributed by atoms with Gasteiger partial charge in [-0.1, -0.05) is 84.4 Å². The minimum Gasteiger partial charge on any atom is -0.507 e. The van der Waals surface area contributed by atoms with Gasteiger partial charge in [0.15, 0.2) is 6.61 Å². The van der Waals surface area contributed by atoms with Crippen molar-refractivity contribution in [2.24, 2.45) is 0 Å². The molecular weight excluding hydrogens is 398 g/mol. The summed E-state index contributed by atoms with van der Waals surface area (Å²) in [7, 11) is 0. The van der Waals surface area contributed by atoms with Crippen LogP contribution in [0.4, 0.5) is 0 Å². The van der Waals surface area contributed by atoms with Gasteiger partial charge in [-0.2, -0.15) is 0 Å². The van der Waals surface area contributed by atoms with Gasteiger partial charge in [-0.05, 0) is 23.8 Å². The third-order valence-electron chi connectivity index (χ3n) is 4.86. The first-order chi connectivity index (χ1) is 14.6. The van der Waals surface area contributed by atoms with Gasteiger partial charge in [0.1, 0.15) is 11.5 Å². The summed E-state index contributed by atoms with van der Waals surface area (Å²) in [4.78, 5) is 12.7. The summed E-state index contributed by atoms with van der Waals surface area (Å²) >= 11 is 6.49. The molecule has 0 aliphatic heterocycles. The summed E-state index contributed by atoms with van der Waals surface area (Å²) < 4.78 is 5.56. The Labute approximate surface area is 179 Å². The first kappa shape index (κ1) is 19.8. The fourth-order valence-corrected chi connectivity index (χ4v) is 3.69. The molecule has 1 atom stereocenters. The Hall–Kier alpha value is -3.50. The highest BCUT2D eigenvalue weighted by Gasteiger charge is 2.22. The van der Waals surface area contributed by atoms with Crippen LogP contribution in [0.3, 0.4) is 0 Å². The van der Waals surface area contributed by atoms with E-state index in [0.29, 0.717) is 21.7 Å². The van der Waals surface area contributed by atoms with E-state index in [1.54, 1.807) is 18.2 Å². The topological polar surface area (TPSA) is 58.6 Å². The van der Waals surface area contributed by atoms with Crippen LogP contribution in [0.5, 0.6) is 11.5 Å². The van der Waals surface area contributed by atoms with Gasteiger partial charge in [0.2, 0.25) is 0 Å². The lowest BCUT2D eigenvalue weighted by Crippen LogP contribution is -2.33. The number of halogens is 1. The van der Waals surface area contributed by atoms with Crippen molar-refractivity contribution in [3.05, 3.63) is 107 Å². The van der Waals surface area contributed by atoms with E-state index in [1.807, 2.05) is 72.8 Å². The number of carbonyl (C=O) groups excluding carboxylic acids is 1. The molecule has 0 spiro atoms. The van der Waals surface area contributed by atoms with Crippen molar-refractivity contribution in [3.63, 3.8) is 0 Å². The zero-order valence-corrected chi connectivity index (χ0v) is 16.8. The molecule has 4 nitrogen and oxygen atoms in total. The Morgan fingerprint density at radius 2 is 1.50 bits per heavy atom. The smallest absolute Gasteiger partial charge is 0.258 e. The van der Waals surface area contributed by atoms with Crippen molar-refractivity contribution in [1.29, 1.82) is 0 Å². The van der Waals surface area contributed by atoms with Gasteiger partial charge in [0, 0.05) is 21.4 Å². The number of nitrogens with one attached hydrogen (secondary N) is 1. The molecule has 5 heteroatoms. The van der Waals surface area contributed by atoms with Crippen LogP contribution in [-0.4, -0.2) is 17.6 Å². The van der Waals surface area contributed by atoms with E-state index < -0.39 is 6.04 Å². The molecule has 0 aromatic heterocycles. The molecule has 0 aliphatic carbocycles. The molecule has 4 rings (SSSR count). The monoisotopic (exact) mass is 417 g/mol. The SMILES string of the molecule is O=C(COc1ccccc1)NC(c1ccccc1)c1cc(Cl)c2ccccc2c1O. The van der Waals surface area contributed by atoms with Crippen LogP contribution in [0.2, 0.25) is 5.02 Å². The molecule has 0 fully saturated rings. The van der Waals surface area contributed by atoms with E-state index in [9.17, 15) is 9.90 Å². The molecule has 2 N–H and O–H groups in total. The summed E-state index contributed by atoms with van der Waals surface area (Å²) in [6, 6.07) is 27.1. The Bertz CT molecular complexity index is 1160. The second-order valence-electron chi connectivity index (χ2n) is 6.85. The number of phenolic OH excluding ortho intramolecular Hbond substituents is 1. The largest absolute Gasteiger partial charge is 0.507 e. The maximum atomic E-state index is 12.7. The number of aromatic hydroxyl groups is 1. The lowest BCUT2D eigenvalue weighted by molar-refractivity contribution is -0.123. The van der Waals surface area contributed by atoms with Crippen LogP contribution in [0.1, 0.15) is 17.2 Å². The molecular formula is C25H20ClNO3. The highest BCUT2D eigenvalue weighted by Crippen LogP contribution is 2.39. The number of phenols is 1. The fourth-order valence-electron chi connectivity index (χ4n) is 3.41. The number of para-hydroxylation sites is 1. The van der Waals surface area contributed by atoms with Crippen LogP contribution in [0.25, 0.3) is 10.8 Å². The van der Waals surface area contributed by atoms with Gasteiger partial charge in [-0.25, -0.2) is 0 Å². The van der Waals surface area contributed by atoms with E-state index in [4.69, 9.17) is 16.3 Å². The van der Waals surface area contributed by atoms with Crippen molar-refractivity contribution in [2.75, 3.05) is 6.61 Å². The standard InChI is InChI=1S/C25H20ClNO3/c26-22-15-21(25(29)20-14-8-7-13-19(20)22)24(17-9-3-1-4-10-17)27-23(28)16-30-18-11-5-2-6-12-18/h1-15,24,29H,16H2,(H,27,28). The van der Waals surface area contributed by atoms with Crippen LogP contribution >= 0.6 is 11.6 Å². The molecule has 30 heavy (non-hydrogen) atoms. The summed E-state index contributed by atoms with van der Waals surface area (Å²) in [6.45, 7) is -0.143. The van der Waals surface area contributed by atoms with Crippen molar-refractivity contribution >= 4 is 28.3 Å². The number of hydrogen-bond donors (Lipinski definition) is 2. The zero-order valence-electron chi connectivity index (χ0n) is 16.1. The Kier molecular flexibility index (Phi) is 5.87. The van der Waals surface area contributed by atoms with E-state index in [2.05, 4.69) is 5.32 Å². The quantitative estimate of drug-likeness (QED) is 0.436. The van der Waals surface area contributed by atoms with Crippen LogP contribution in [0, 0.1) is 0 Å². The molecule has 0 aliphatic rings. The van der Waals surface area contributed by atoms with Gasteiger partial charge in [-0.15, -0.1) is 0 Å². The predicted molar refractivity (Wildman–Crippen MR) is 119 cm³/mol. The Morgan fingerprint density at radius 3 is 2.20 bits per heavy atom. The lowest BCUT2D eigenvalue weighted by atomic mass is 9.94. The summed E-state index contributed by atoms with van der Waals surface area (Å²) in [6.07, 6.45) is 0. The number of fused-ring (bicyclic) bond motifs is 1. The number of ether oxygens (including phenoxy) is 1. The van der Waals surface area contributed by atoms with Gasteiger partial charge >= 0.3 is 0 Å². The van der Waals surface area contributed by atoms with Gasteiger partial charge in [0.25, 0.3) is 5.91 Å². The van der Waals surface area contributed by atoms with Crippen LogP contribution in [0.15, 0.2) is 91.0 Å². The molecule has 4 aromatic carbocycles. The molecule has 1 unspecified atom stereocenters. The van der Waals surface area contributed by atoms with Crippen molar-refractivity contribution in [2.45, 2.75) is 6.04 Å². The number of rotatable bonds is 6. The predicted octanol–water partition coefficient (Wildman–Crippen LogP) is 5.48. The first-order valence-electron chi connectivity index (χ1n) is 9.56. The normalized spacial score (nSPS) is 11.8. The molecule has 0 bridgehead atoms. The molecule has 0 saturated carbocycles. The summed E-state index contributed by atoms with van der Waals surface area (Å²) in [5.74, 6) is 0.394. The highest BCUT2D eigenvalue weighted by atomic mass is 35.5. The maximum absolute atomic E-state index is 12.7. The minimum atomic E-state index is -0.583. The average Bonchev–Trinajstić information content (AvgIpc) is 2.80. The summed E-state index contributed by atoms with van der Waals surface area (Å²) in [5.41, 5.74) is 1.35. The molecule has 1 amide bonds. The van der Waals surface area contributed by atoms with E-state index in [1.165, 1.54) is 0 Å². The second-order valence-corrected chi connectivity index (χ2v) is 7.26. The number of hydrogen-bond acceptors (Lipinski definition) is 3. The number of carbonyl (C=O) groups is 1. The lowest BCUT2D eigenvalue weighted by Gasteiger charge is -2.22. The third kappa shape index (κ3) is 4.24. The molecule has 0 saturated heterocycles. The van der Waals surface area contributed by atoms with Crippen LogP contribution in [-0.2, 0) is 4.79 Å². The minimum absolute atomic E-state index is 0.0909. The van der Waals surface area contributed by atoms with E-state index >= 15 is 0 Å². The zero-order chi connectivity index (χ0) is 20.9.